The molecule has 1 aromatic rings. The second-order valence-corrected chi connectivity index (χ2v) is 4.42. The summed E-state index contributed by atoms with van der Waals surface area (Å²) in [6.45, 7) is 5.90. The van der Waals surface area contributed by atoms with Gasteiger partial charge in [0.2, 0.25) is 0 Å². The molecule has 1 heterocycles. The van der Waals surface area contributed by atoms with E-state index in [9.17, 15) is 0 Å². The number of nitrogens with zero attached hydrogens (tertiary/aromatic N) is 3. The number of halogens is 1. The Morgan fingerprint density at radius 3 is 2.44 bits per heavy atom. The van der Waals surface area contributed by atoms with Crippen LogP contribution in [0.3, 0.4) is 0 Å². The van der Waals surface area contributed by atoms with Crippen molar-refractivity contribution in [2.24, 2.45) is 0 Å². The van der Waals surface area contributed by atoms with Gasteiger partial charge in [-0.05, 0) is 12.8 Å². The highest BCUT2D eigenvalue weighted by molar-refractivity contribution is 6.16. The van der Waals surface area contributed by atoms with Crippen LogP contribution in [0.5, 0.6) is 0 Å². The van der Waals surface area contributed by atoms with E-state index >= 15 is 0 Å². The second kappa shape index (κ2) is 8.27. The van der Waals surface area contributed by atoms with Crippen LogP contribution in [-0.2, 0) is 10.6 Å². The Labute approximate surface area is 114 Å². The summed E-state index contributed by atoms with van der Waals surface area (Å²) in [7, 11) is 1.72. The zero-order valence-corrected chi connectivity index (χ0v) is 12.2. The molecule has 0 aliphatic carbocycles. The van der Waals surface area contributed by atoms with Crippen molar-refractivity contribution in [2.75, 3.05) is 25.2 Å². The summed E-state index contributed by atoms with van der Waals surface area (Å²) in [6, 6.07) is 0.469. The highest BCUT2D eigenvalue weighted by atomic mass is 35.5. The van der Waals surface area contributed by atoms with Gasteiger partial charge in [-0.1, -0.05) is 13.8 Å². The van der Waals surface area contributed by atoms with E-state index in [1.54, 1.807) is 19.5 Å². The second-order valence-electron chi connectivity index (χ2n) is 4.16. The van der Waals surface area contributed by atoms with Gasteiger partial charge in [-0.2, -0.15) is 0 Å². The summed E-state index contributed by atoms with van der Waals surface area (Å²) in [5, 5.41) is 0. The maximum Gasteiger partial charge on any atom is 0.147 e. The van der Waals surface area contributed by atoms with Crippen molar-refractivity contribution in [1.29, 1.82) is 0 Å². The number of alkyl halides is 1. The third-order valence-corrected chi connectivity index (χ3v) is 3.32. The fourth-order valence-electron chi connectivity index (χ4n) is 1.97. The summed E-state index contributed by atoms with van der Waals surface area (Å²) in [5.41, 5.74) is 0.802. The van der Waals surface area contributed by atoms with E-state index in [0.29, 0.717) is 18.5 Å². The Balaban J connectivity index is 2.85. The van der Waals surface area contributed by atoms with E-state index in [0.717, 1.165) is 30.9 Å². The van der Waals surface area contributed by atoms with Gasteiger partial charge in [-0.3, -0.25) is 4.98 Å². The third-order valence-electron chi connectivity index (χ3n) is 3.04. The lowest BCUT2D eigenvalue weighted by atomic mass is 10.1. The van der Waals surface area contributed by atoms with Gasteiger partial charge in [0.25, 0.3) is 0 Å². The summed E-state index contributed by atoms with van der Waals surface area (Å²) in [5.74, 6) is 1.30. The minimum absolute atomic E-state index is 0.399. The van der Waals surface area contributed by atoms with E-state index in [4.69, 9.17) is 16.3 Å². The fraction of sp³-hybridized carbons (Fsp3) is 0.692. The highest BCUT2D eigenvalue weighted by Gasteiger charge is 2.16. The molecule has 1 rings (SSSR count). The SMILES string of the molecule is CCC(CC)N(CCOC)c1cnc(CCl)cn1. The van der Waals surface area contributed by atoms with Crippen LogP contribution < -0.4 is 4.90 Å². The lowest BCUT2D eigenvalue weighted by molar-refractivity contribution is 0.202. The van der Waals surface area contributed by atoms with Crippen LogP contribution >= 0.6 is 11.6 Å². The maximum atomic E-state index is 5.72. The summed E-state index contributed by atoms with van der Waals surface area (Å²) in [4.78, 5) is 11.0. The molecule has 0 amide bonds. The largest absolute Gasteiger partial charge is 0.383 e. The van der Waals surface area contributed by atoms with Crippen LogP contribution in [0.1, 0.15) is 32.4 Å². The van der Waals surface area contributed by atoms with Crippen molar-refractivity contribution >= 4 is 17.4 Å². The molecule has 0 aromatic carbocycles. The van der Waals surface area contributed by atoms with E-state index in [2.05, 4.69) is 28.7 Å². The first-order valence-corrected chi connectivity index (χ1v) is 6.92. The van der Waals surface area contributed by atoms with Gasteiger partial charge in [0.1, 0.15) is 5.82 Å². The molecule has 0 saturated carbocycles. The molecule has 0 atom stereocenters. The van der Waals surface area contributed by atoms with Crippen molar-refractivity contribution < 1.29 is 4.74 Å². The third kappa shape index (κ3) is 4.10. The monoisotopic (exact) mass is 271 g/mol. The number of aromatic nitrogens is 2. The Hall–Kier alpha value is -0.870. The van der Waals surface area contributed by atoms with Gasteiger partial charge in [-0.25, -0.2) is 4.98 Å². The van der Waals surface area contributed by atoms with Gasteiger partial charge in [0.15, 0.2) is 0 Å². The van der Waals surface area contributed by atoms with Gasteiger partial charge in [0, 0.05) is 19.7 Å². The Morgan fingerprint density at radius 2 is 2.00 bits per heavy atom. The van der Waals surface area contributed by atoms with Crippen LogP contribution in [0.2, 0.25) is 0 Å². The normalized spacial score (nSPS) is 10.9. The van der Waals surface area contributed by atoms with Crippen LogP contribution in [0.15, 0.2) is 12.4 Å². The molecule has 0 aliphatic heterocycles. The van der Waals surface area contributed by atoms with Crippen molar-refractivity contribution in [2.45, 2.75) is 38.6 Å². The number of hydrogen-bond acceptors (Lipinski definition) is 4. The predicted octanol–water partition coefficient (Wildman–Crippen LogP) is 2.86. The Morgan fingerprint density at radius 1 is 1.28 bits per heavy atom. The minimum atomic E-state index is 0.399. The van der Waals surface area contributed by atoms with Crippen molar-refractivity contribution in [3.8, 4) is 0 Å². The lowest BCUT2D eigenvalue weighted by Crippen LogP contribution is -2.37. The fourth-order valence-corrected chi connectivity index (χ4v) is 2.11. The van der Waals surface area contributed by atoms with E-state index < -0.39 is 0 Å². The first-order valence-electron chi connectivity index (χ1n) is 6.39. The van der Waals surface area contributed by atoms with Crippen LogP contribution in [0.4, 0.5) is 5.82 Å². The smallest absolute Gasteiger partial charge is 0.147 e. The van der Waals surface area contributed by atoms with Gasteiger partial charge >= 0.3 is 0 Å². The molecule has 0 saturated heterocycles. The molecule has 4 nitrogen and oxygen atoms in total. The number of methoxy groups -OCH3 is 1. The van der Waals surface area contributed by atoms with Crippen molar-refractivity contribution in [1.82, 2.24) is 9.97 Å². The molecular formula is C13H22ClN3O. The number of ether oxygens (including phenoxy) is 1. The van der Waals surface area contributed by atoms with Gasteiger partial charge < -0.3 is 9.64 Å². The van der Waals surface area contributed by atoms with E-state index in [1.807, 2.05) is 0 Å². The topological polar surface area (TPSA) is 38.2 Å². The first-order chi connectivity index (χ1) is 8.76. The molecule has 5 heteroatoms. The number of anilines is 1. The maximum absolute atomic E-state index is 5.72. The summed E-state index contributed by atoms with van der Waals surface area (Å²) in [6.07, 6.45) is 5.70. The standard InChI is InChI=1S/C13H22ClN3O/c1-4-12(5-2)17(6-7-18-3)13-10-15-11(8-14)9-16-13/h9-10,12H,4-8H2,1-3H3. The molecule has 0 radical (unpaired) electrons. The van der Waals surface area contributed by atoms with Crippen molar-refractivity contribution in [3.63, 3.8) is 0 Å². The summed E-state index contributed by atoms with van der Waals surface area (Å²) >= 11 is 5.72. The van der Waals surface area contributed by atoms with Crippen LogP contribution in [-0.4, -0.2) is 36.3 Å². The molecular weight excluding hydrogens is 250 g/mol. The van der Waals surface area contributed by atoms with E-state index in [1.165, 1.54) is 0 Å². The predicted molar refractivity (Wildman–Crippen MR) is 75.2 cm³/mol. The quantitative estimate of drug-likeness (QED) is 0.682. The highest BCUT2D eigenvalue weighted by Crippen LogP contribution is 2.17. The average Bonchev–Trinajstić information content (AvgIpc) is 2.43. The molecule has 0 aliphatic rings. The van der Waals surface area contributed by atoms with Crippen molar-refractivity contribution in [3.05, 3.63) is 18.1 Å². The average molecular weight is 272 g/mol. The minimum Gasteiger partial charge on any atom is -0.383 e. The molecule has 1 aromatic heterocycles. The Bertz CT molecular complexity index is 328. The molecule has 0 N–H and O–H groups in total. The van der Waals surface area contributed by atoms with E-state index in [-0.39, 0.29) is 0 Å². The number of hydrogen-bond donors (Lipinski definition) is 0. The molecule has 18 heavy (non-hydrogen) atoms. The molecule has 102 valence electrons. The molecule has 0 bridgehead atoms. The van der Waals surface area contributed by atoms with Gasteiger partial charge in [-0.15, -0.1) is 11.6 Å². The van der Waals surface area contributed by atoms with Gasteiger partial charge in [0.05, 0.1) is 30.6 Å². The van der Waals surface area contributed by atoms with Crippen LogP contribution in [0, 0.1) is 0 Å². The Kier molecular flexibility index (Phi) is 6.98. The molecule has 0 spiro atoms. The van der Waals surface area contributed by atoms with Crippen LogP contribution in [0.25, 0.3) is 0 Å². The lowest BCUT2D eigenvalue weighted by Gasteiger charge is -2.31. The molecule has 0 unspecified atom stereocenters. The first kappa shape index (κ1) is 15.2. The number of rotatable bonds is 8. The zero-order valence-electron chi connectivity index (χ0n) is 11.4. The molecule has 0 fully saturated rings. The summed E-state index contributed by atoms with van der Waals surface area (Å²) < 4.78 is 5.17. The zero-order chi connectivity index (χ0) is 13.4.